The van der Waals surface area contributed by atoms with Crippen molar-refractivity contribution < 1.29 is 4.74 Å². The Hall–Kier alpha value is -2.05. The predicted octanol–water partition coefficient (Wildman–Crippen LogP) is 1.75. The van der Waals surface area contributed by atoms with Gasteiger partial charge in [-0.25, -0.2) is 9.97 Å². The van der Waals surface area contributed by atoms with Gasteiger partial charge in [0.2, 0.25) is 0 Å². The second-order valence-corrected chi connectivity index (χ2v) is 6.69. The molecule has 2 aliphatic heterocycles. The Balaban J connectivity index is 1.36. The molecule has 6 nitrogen and oxygen atoms in total. The van der Waals surface area contributed by atoms with Crippen LogP contribution in [-0.2, 0) is 24.2 Å². The van der Waals surface area contributed by atoms with Crippen molar-refractivity contribution in [2.75, 3.05) is 31.1 Å². The lowest BCUT2D eigenvalue weighted by Crippen LogP contribution is -2.38. The highest BCUT2D eigenvalue weighted by Crippen LogP contribution is 2.26. The normalized spacial score (nSPS) is 18.6. The maximum atomic E-state index is 6.05. The summed E-state index contributed by atoms with van der Waals surface area (Å²) in [6.45, 7) is 4.59. The van der Waals surface area contributed by atoms with E-state index in [1.54, 1.807) is 6.33 Å². The minimum Gasteiger partial charge on any atom is -0.372 e. The number of piperidine rings is 1. The lowest BCUT2D eigenvalue weighted by molar-refractivity contribution is 0.0233. The summed E-state index contributed by atoms with van der Waals surface area (Å²) in [5, 5.41) is 3.45. The number of fused-ring (bicyclic) bond motifs is 1. The number of anilines is 1. The summed E-state index contributed by atoms with van der Waals surface area (Å²) in [6, 6.07) is 5.95. The molecule has 2 aromatic heterocycles. The smallest absolute Gasteiger partial charge is 0.135 e. The highest BCUT2D eigenvalue weighted by molar-refractivity contribution is 5.49. The summed E-state index contributed by atoms with van der Waals surface area (Å²) in [4.78, 5) is 15.8. The first-order chi connectivity index (χ1) is 12.4. The van der Waals surface area contributed by atoms with Crippen molar-refractivity contribution in [2.24, 2.45) is 0 Å². The van der Waals surface area contributed by atoms with E-state index in [4.69, 9.17) is 4.74 Å². The second kappa shape index (κ2) is 7.89. The Kier molecular flexibility index (Phi) is 5.18. The fraction of sp³-hybridized carbons (Fsp3) is 0.526. The first-order valence-corrected chi connectivity index (χ1v) is 9.20. The van der Waals surface area contributed by atoms with E-state index in [-0.39, 0.29) is 0 Å². The summed E-state index contributed by atoms with van der Waals surface area (Å²) in [5.74, 6) is 1.14. The van der Waals surface area contributed by atoms with E-state index < -0.39 is 0 Å². The molecule has 0 spiro atoms. The van der Waals surface area contributed by atoms with Crippen LogP contribution in [0.3, 0.4) is 0 Å². The van der Waals surface area contributed by atoms with Crippen LogP contribution in [0.15, 0.2) is 30.7 Å². The van der Waals surface area contributed by atoms with Crippen molar-refractivity contribution >= 4 is 5.82 Å². The Labute approximate surface area is 148 Å². The summed E-state index contributed by atoms with van der Waals surface area (Å²) < 4.78 is 6.05. The van der Waals surface area contributed by atoms with Gasteiger partial charge in [0.15, 0.2) is 0 Å². The second-order valence-electron chi connectivity index (χ2n) is 6.69. The van der Waals surface area contributed by atoms with Gasteiger partial charge in [0.05, 0.1) is 24.1 Å². The first-order valence-electron chi connectivity index (χ1n) is 9.20. The number of hydrogen-bond acceptors (Lipinski definition) is 6. The highest BCUT2D eigenvalue weighted by Gasteiger charge is 2.24. The molecule has 0 aromatic carbocycles. The number of pyridine rings is 1. The Morgan fingerprint density at radius 2 is 1.96 bits per heavy atom. The quantitative estimate of drug-likeness (QED) is 0.916. The van der Waals surface area contributed by atoms with Gasteiger partial charge in [0, 0.05) is 37.8 Å². The molecule has 1 saturated heterocycles. The molecule has 6 heteroatoms. The number of ether oxygens (including phenoxy) is 1. The average molecular weight is 339 g/mol. The molecule has 132 valence electrons. The standard InChI is InChI=1S/C19H25N5O/c1-2-8-21-15(3-1)13-25-16-6-11-24(12-7-16)19-17-4-9-20-10-5-18(17)22-14-23-19/h1-3,8,14,16,20H,4-7,9-13H2. The molecule has 0 atom stereocenters. The molecule has 2 aliphatic rings. The third-order valence-electron chi connectivity index (χ3n) is 5.04. The Morgan fingerprint density at radius 3 is 2.80 bits per heavy atom. The van der Waals surface area contributed by atoms with Crippen molar-refractivity contribution in [3.63, 3.8) is 0 Å². The maximum Gasteiger partial charge on any atom is 0.135 e. The summed E-state index contributed by atoms with van der Waals surface area (Å²) in [6.07, 6.45) is 7.92. The maximum absolute atomic E-state index is 6.05. The molecule has 0 saturated carbocycles. The fourth-order valence-electron chi connectivity index (χ4n) is 3.65. The van der Waals surface area contributed by atoms with Crippen LogP contribution in [0.2, 0.25) is 0 Å². The molecule has 0 amide bonds. The minimum atomic E-state index is 0.306. The van der Waals surface area contributed by atoms with Crippen LogP contribution in [0.5, 0.6) is 0 Å². The molecule has 0 aliphatic carbocycles. The average Bonchev–Trinajstić information content (AvgIpc) is 2.93. The van der Waals surface area contributed by atoms with Crippen molar-refractivity contribution in [1.29, 1.82) is 0 Å². The van der Waals surface area contributed by atoms with Gasteiger partial charge in [0.25, 0.3) is 0 Å². The Bertz CT molecular complexity index is 685. The summed E-state index contributed by atoms with van der Waals surface area (Å²) >= 11 is 0. The molecule has 4 rings (SSSR count). The van der Waals surface area contributed by atoms with Crippen molar-refractivity contribution in [1.82, 2.24) is 20.3 Å². The molecule has 0 bridgehead atoms. The number of rotatable bonds is 4. The molecule has 0 unspecified atom stereocenters. The van der Waals surface area contributed by atoms with Crippen LogP contribution in [0.1, 0.15) is 29.8 Å². The lowest BCUT2D eigenvalue weighted by Gasteiger charge is -2.34. The van der Waals surface area contributed by atoms with E-state index in [9.17, 15) is 0 Å². The molecule has 25 heavy (non-hydrogen) atoms. The van der Waals surface area contributed by atoms with Crippen LogP contribution in [0.25, 0.3) is 0 Å². The SMILES string of the molecule is c1ccc(COC2CCN(c3ncnc4c3CCNCC4)CC2)nc1. The topological polar surface area (TPSA) is 63.2 Å². The van der Waals surface area contributed by atoms with E-state index >= 15 is 0 Å². The zero-order chi connectivity index (χ0) is 16.9. The summed E-state index contributed by atoms with van der Waals surface area (Å²) in [7, 11) is 0. The number of nitrogens with zero attached hydrogens (tertiary/aromatic N) is 4. The first kappa shape index (κ1) is 16.4. The van der Waals surface area contributed by atoms with Crippen LogP contribution in [0.4, 0.5) is 5.82 Å². The zero-order valence-corrected chi connectivity index (χ0v) is 14.5. The fourth-order valence-corrected chi connectivity index (χ4v) is 3.65. The van der Waals surface area contributed by atoms with Crippen LogP contribution >= 0.6 is 0 Å². The minimum absolute atomic E-state index is 0.306. The van der Waals surface area contributed by atoms with Crippen LogP contribution in [-0.4, -0.2) is 47.2 Å². The Morgan fingerprint density at radius 1 is 1.08 bits per heavy atom. The molecule has 4 heterocycles. The van der Waals surface area contributed by atoms with Gasteiger partial charge >= 0.3 is 0 Å². The van der Waals surface area contributed by atoms with Gasteiger partial charge in [-0.1, -0.05) is 6.07 Å². The third-order valence-corrected chi connectivity index (χ3v) is 5.04. The van der Waals surface area contributed by atoms with E-state index in [1.807, 2.05) is 24.4 Å². The molecule has 1 fully saturated rings. The van der Waals surface area contributed by atoms with Gasteiger partial charge in [-0.2, -0.15) is 0 Å². The lowest BCUT2D eigenvalue weighted by atomic mass is 10.0. The summed E-state index contributed by atoms with van der Waals surface area (Å²) in [5.41, 5.74) is 3.54. The van der Waals surface area contributed by atoms with Gasteiger partial charge in [-0.05, 0) is 37.9 Å². The van der Waals surface area contributed by atoms with Crippen LogP contribution < -0.4 is 10.2 Å². The number of nitrogens with one attached hydrogen (secondary N) is 1. The number of aromatic nitrogens is 3. The van der Waals surface area contributed by atoms with Gasteiger partial charge in [-0.3, -0.25) is 4.98 Å². The van der Waals surface area contributed by atoms with Crippen molar-refractivity contribution in [2.45, 2.75) is 38.4 Å². The molecule has 0 radical (unpaired) electrons. The van der Waals surface area contributed by atoms with Gasteiger partial charge in [0.1, 0.15) is 12.1 Å². The third kappa shape index (κ3) is 3.96. The van der Waals surface area contributed by atoms with E-state index in [0.717, 1.165) is 63.4 Å². The van der Waals surface area contributed by atoms with Gasteiger partial charge < -0.3 is 15.0 Å². The highest BCUT2D eigenvalue weighted by atomic mass is 16.5. The molecular weight excluding hydrogens is 314 g/mol. The predicted molar refractivity (Wildman–Crippen MR) is 96.6 cm³/mol. The van der Waals surface area contributed by atoms with Crippen molar-refractivity contribution in [3.05, 3.63) is 47.7 Å². The van der Waals surface area contributed by atoms with Crippen molar-refractivity contribution in [3.8, 4) is 0 Å². The van der Waals surface area contributed by atoms with E-state index in [0.29, 0.717) is 12.7 Å². The zero-order valence-electron chi connectivity index (χ0n) is 14.5. The molecule has 2 aromatic rings. The number of hydrogen-bond donors (Lipinski definition) is 1. The van der Waals surface area contributed by atoms with E-state index in [2.05, 4.69) is 25.2 Å². The van der Waals surface area contributed by atoms with Gasteiger partial charge in [-0.15, -0.1) is 0 Å². The molecular formula is C19H25N5O. The largest absolute Gasteiger partial charge is 0.372 e. The van der Waals surface area contributed by atoms with Crippen LogP contribution in [0, 0.1) is 0 Å². The molecule has 1 N–H and O–H groups in total. The van der Waals surface area contributed by atoms with E-state index in [1.165, 1.54) is 11.3 Å². The monoisotopic (exact) mass is 339 g/mol.